The Hall–Kier alpha value is -0.610. The van der Waals surface area contributed by atoms with Gasteiger partial charge in [-0.3, -0.25) is 0 Å². The van der Waals surface area contributed by atoms with Crippen molar-refractivity contribution in [2.24, 2.45) is 0 Å². The SMILES string of the molecule is ClCc1cn(C2CCOC3(CCC3)C2)nn1. The van der Waals surface area contributed by atoms with Gasteiger partial charge >= 0.3 is 0 Å². The van der Waals surface area contributed by atoms with Gasteiger partial charge in [0.25, 0.3) is 0 Å². The van der Waals surface area contributed by atoms with Crippen LogP contribution in [-0.2, 0) is 10.6 Å². The standard InChI is InChI=1S/C11H16ClN3O/c12-7-9-8-15(14-13-9)10-2-5-16-11(6-10)3-1-4-11/h8,10H,1-7H2. The van der Waals surface area contributed by atoms with Gasteiger partial charge in [0.2, 0.25) is 0 Å². The molecule has 2 fully saturated rings. The fourth-order valence-electron chi connectivity index (χ4n) is 2.70. The molecule has 16 heavy (non-hydrogen) atoms. The van der Waals surface area contributed by atoms with Crippen LogP contribution in [0, 0.1) is 0 Å². The molecule has 1 aromatic heterocycles. The van der Waals surface area contributed by atoms with Crippen LogP contribution in [-0.4, -0.2) is 27.2 Å². The monoisotopic (exact) mass is 241 g/mol. The van der Waals surface area contributed by atoms with Crippen molar-refractivity contribution >= 4 is 11.6 Å². The van der Waals surface area contributed by atoms with Gasteiger partial charge in [-0.1, -0.05) is 5.21 Å². The molecule has 0 bridgehead atoms. The van der Waals surface area contributed by atoms with Crippen LogP contribution in [0.25, 0.3) is 0 Å². The number of hydrogen-bond acceptors (Lipinski definition) is 3. The summed E-state index contributed by atoms with van der Waals surface area (Å²) in [6.07, 6.45) is 7.80. The molecule has 4 nitrogen and oxygen atoms in total. The van der Waals surface area contributed by atoms with Gasteiger partial charge in [-0.2, -0.15) is 0 Å². The lowest BCUT2D eigenvalue weighted by Gasteiger charge is -2.47. The molecule has 2 heterocycles. The molecule has 1 aliphatic heterocycles. The molecule has 0 aromatic carbocycles. The third-order valence-electron chi connectivity index (χ3n) is 3.80. The Balaban J connectivity index is 1.74. The Morgan fingerprint density at radius 1 is 1.56 bits per heavy atom. The predicted octanol–water partition coefficient (Wildman–Crippen LogP) is 2.29. The van der Waals surface area contributed by atoms with E-state index in [2.05, 4.69) is 10.3 Å². The van der Waals surface area contributed by atoms with Gasteiger partial charge < -0.3 is 4.74 Å². The molecular weight excluding hydrogens is 226 g/mol. The summed E-state index contributed by atoms with van der Waals surface area (Å²) in [5.41, 5.74) is 1.02. The lowest BCUT2D eigenvalue weighted by atomic mass is 9.74. The fourth-order valence-corrected chi connectivity index (χ4v) is 2.82. The quantitative estimate of drug-likeness (QED) is 0.746. The minimum atomic E-state index is 0.163. The molecule has 1 aliphatic carbocycles. The number of ether oxygens (including phenoxy) is 1. The highest BCUT2D eigenvalue weighted by Crippen LogP contribution is 2.45. The Kier molecular flexibility index (Phi) is 2.64. The van der Waals surface area contributed by atoms with E-state index in [1.807, 2.05) is 10.9 Å². The predicted molar refractivity (Wildman–Crippen MR) is 60.4 cm³/mol. The van der Waals surface area contributed by atoms with Crippen molar-refractivity contribution in [3.63, 3.8) is 0 Å². The second-order valence-corrected chi connectivity index (χ2v) is 5.12. The van der Waals surface area contributed by atoms with Crippen molar-refractivity contribution in [3.05, 3.63) is 11.9 Å². The van der Waals surface area contributed by atoms with E-state index >= 15 is 0 Å². The molecule has 1 saturated heterocycles. The maximum absolute atomic E-state index is 5.90. The highest BCUT2D eigenvalue weighted by Gasteiger charge is 2.43. The van der Waals surface area contributed by atoms with Crippen LogP contribution in [0.1, 0.15) is 43.8 Å². The lowest BCUT2D eigenvalue weighted by molar-refractivity contribution is -0.141. The van der Waals surface area contributed by atoms with E-state index in [0.29, 0.717) is 11.9 Å². The van der Waals surface area contributed by atoms with Gasteiger partial charge in [0.1, 0.15) is 0 Å². The summed E-state index contributed by atoms with van der Waals surface area (Å²) in [7, 11) is 0. The largest absolute Gasteiger partial charge is 0.375 e. The maximum atomic E-state index is 5.90. The van der Waals surface area contributed by atoms with E-state index in [0.717, 1.165) is 25.1 Å². The highest BCUT2D eigenvalue weighted by molar-refractivity contribution is 6.16. The number of aromatic nitrogens is 3. The molecule has 1 atom stereocenters. The van der Waals surface area contributed by atoms with Crippen LogP contribution in [0.3, 0.4) is 0 Å². The maximum Gasteiger partial charge on any atom is 0.0974 e. The van der Waals surface area contributed by atoms with Crippen LogP contribution in [0.2, 0.25) is 0 Å². The van der Waals surface area contributed by atoms with Gasteiger partial charge in [0.15, 0.2) is 0 Å². The van der Waals surface area contributed by atoms with Crippen molar-refractivity contribution in [2.75, 3.05) is 6.61 Å². The summed E-state index contributed by atoms with van der Waals surface area (Å²) in [5.74, 6) is 0.439. The zero-order chi connectivity index (χ0) is 11.0. The second kappa shape index (κ2) is 4.00. The average molecular weight is 242 g/mol. The van der Waals surface area contributed by atoms with Crippen LogP contribution in [0.4, 0.5) is 0 Å². The number of rotatable bonds is 2. The van der Waals surface area contributed by atoms with Gasteiger partial charge in [-0.25, -0.2) is 4.68 Å². The molecule has 0 radical (unpaired) electrons. The molecule has 1 spiro atoms. The molecule has 3 rings (SSSR count). The summed E-state index contributed by atoms with van der Waals surface area (Å²) in [6.45, 7) is 0.848. The molecule has 0 N–H and O–H groups in total. The van der Waals surface area contributed by atoms with Gasteiger partial charge in [-0.15, -0.1) is 16.7 Å². The smallest absolute Gasteiger partial charge is 0.0974 e. The van der Waals surface area contributed by atoms with Crippen molar-refractivity contribution in [1.82, 2.24) is 15.0 Å². The van der Waals surface area contributed by atoms with E-state index in [9.17, 15) is 0 Å². The van der Waals surface area contributed by atoms with Crippen molar-refractivity contribution < 1.29 is 4.74 Å². The molecular formula is C11H16ClN3O. The van der Waals surface area contributed by atoms with E-state index in [4.69, 9.17) is 16.3 Å². The Morgan fingerprint density at radius 3 is 3.06 bits per heavy atom. The van der Waals surface area contributed by atoms with Gasteiger partial charge in [0, 0.05) is 12.8 Å². The van der Waals surface area contributed by atoms with Crippen LogP contribution < -0.4 is 0 Å². The van der Waals surface area contributed by atoms with E-state index < -0.39 is 0 Å². The topological polar surface area (TPSA) is 39.9 Å². The summed E-state index contributed by atoms with van der Waals surface area (Å²) >= 11 is 5.73. The summed E-state index contributed by atoms with van der Waals surface area (Å²) in [6, 6.07) is 0.443. The highest BCUT2D eigenvalue weighted by atomic mass is 35.5. The molecule has 1 saturated carbocycles. The first kappa shape index (κ1) is 10.5. The molecule has 1 unspecified atom stereocenters. The third-order valence-corrected chi connectivity index (χ3v) is 4.07. The summed E-state index contributed by atoms with van der Waals surface area (Å²) in [5, 5.41) is 8.20. The molecule has 2 aliphatic rings. The number of halogens is 1. The molecule has 88 valence electrons. The summed E-state index contributed by atoms with van der Waals surface area (Å²) < 4.78 is 7.87. The normalized spacial score (nSPS) is 27.9. The average Bonchev–Trinajstić information content (AvgIpc) is 2.76. The van der Waals surface area contributed by atoms with Crippen molar-refractivity contribution in [3.8, 4) is 0 Å². The van der Waals surface area contributed by atoms with Crippen LogP contribution in [0.15, 0.2) is 6.20 Å². The lowest BCUT2D eigenvalue weighted by Crippen LogP contribution is -2.46. The second-order valence-electron chi connectivity index (χ2n) is 4.86. The first-order valence-electron chi connectivity index (χ1n) is 5.92. The van der Waals surface area contributed by atoms with Crippen LogP contribution >= 0.6 is 11.6 Å². The first-order chi connectivity index (χ1) is 7.81. The minimum absolute atomic E-state index is 0.163. The third kappa shape index (κ3) is 1.74. The van der Waals surface area contributed by atoms with E-state index in [-0.39, 0.29) is 5.60 Å². The zero-order valence-electron chi connectivity index (χ0n) is 9.23. The van der Waals surface area contributed by atoms with E-state index in [1.54, 1.807) is 0 Å². The first-order valence-corrected chi connectivity index (χ1v) is 6.45. The number of alkyl halides is 1. The Morgan fingerprint density at radius 2 is 2.44 bits per heavy atom. The van der Waals surface area contributed by atoms with E-state index in [1.165, 1.54) is 19.3 Å². The number of nitrogens with zero attached hydrogens (tertiary/aromatic N) is 3. The van der Waals surface area contributed by atoms with Crippen molar-refractivity contribution in [2.45, 2.75) is 49.6 Å². The minimum Gasteiger partial charge on any atom is -0.375 e. The number of hydrogen-bond donors (Lipinski definition) is 0. The van der Waals surface area contributed by atoms with Crippen LogP contribution in [0.5, 0.6) is 0 Å². The fraction of sp³-hybridized carbons (Fsp3) is 0.818. The Bertz CT molecular complexity index is 375. The Labute approximate surface area is 99.9 Å². The summed E-state index contributed by atoms with van der Waals surface area (Å²) in [4.78, 5) is 0. The zero-order valence-corrected chi connectivity index (χ0v) is 9.99. The molecule has 5 heteroatoms. The van der Waals surface area contributed by atoms with Gasteiger partial charge in [-0.05, 0) is 32.1 Å². The molecule has 0 amide bonds. The van der Waals surface area contributed by atoms with Crippen molar-refractivity contribution in [1.29, 1.82) is 0 Å². The van der Waals surface area contributed by atoms with Gasteiger partial charge in [0.05, 0.1) is 23.2 Å². The molecule has 1 aromatic rings.